The van der Waals surface area contributed by atoms with Gasteiger partial charge in [-0.1, -0.05) is 23.7 Å². The first-order chi connectivity index (χ1) is 11.6. The van der Waals surface area contributed by atoms with Crippen molar-refractivity contribution in [1.29, 1.82) is 0 Å². The highest BCUT2D eigenvalue weighted by Crippen LogP contribution is 2.32. The first-order valence-electron chi connectivity index (χ1n) is 7.43. The molecule has 6 nitrogen and oxygen atoms in total. The topological polar surface area (TPSA) is 67.3 Å². The van der Waals surface area contributed by atoms with Gasteiger partial charge in [-0.25, -0.2) is 19.2 Å². The summed E-state index contributed by atoms with van der Waals surface area (Å²) in [5.41, 5.74) is 0.819. The minimum atomic E-state index is -0.543. The highest BCUT2D eigenvalue weighted by Gasteiger charge is 2.28. The van der Waals surface area contributed by atoms with Gasteiger partial charge in [0.05, 0.1) is 30.6 Å². The number of methoxy groups -OCH3 is 1. The minimum Gasteiger partial charge on any atom is -0.464 e. The van der Waals surface area contributed by atoms with E-state index in [9.17, 15) is 9.18 Å². The Labute approximate surface area is 143 Å². The number of piperazine rings is 1. The number of nitrogens with zero attached hydrogens (tertiary/aromatic N) is 3. The summed E-state index contributed by atoms with van der Waals surface area (Å²) in [6.45, 7) is 2.01. The van der Waals surface area contributed by atoms with Gasteiger partial charge < -0.3 is 15.0 Å². The molecule has 0 bridgehead atoms. The van der Waals surface area contributed by atoms with Gasteiger partial charge in [0.15, 0.2) is 5.69 Å². The van der Waals surface area contributed by atoms with Gasteiger partial charge in [-0.15, -0.1) is 0 Å². The monoisotopic (exact) mass is 350 g/mol. The number of carbonyl (C=O) groups is 1. The third-order valence-electron chi connectivity index (χ3n) is 3.91. The van der Waals surface area contributed by atoms with Crippen molar-refractivity contribution in [2.24, 2.45) is 0 Å². The van der Waals surface area contributed by atoms with Crippen LogP contribution in [-0.2, 0) is 4.74 Å². The van der Waals surface area contributed by atoms with Crippen LogP contribution in [0.25, 0.3) is 0 Å². The van der Waals surface area contributed by atoms with E-state index in [1.54, 1.807) is 12.1 Å². The summed E-state index contributed by atoms with van der Waals surface area (Å²) < 4.78 is 18.4. The second kappa shape index (κ2) is 7.11. The normalized spacial score (nSPS) is 17.6. The van der Waals surface area contributed by atoms with E-state index >= 15 is 0 Å². The maximum Gasteiger partial charge on any atom is 0.358 e. The number of esters is 1. The molecule has 1 aliphatic heterocycles. The van der Waals surface area contributed by atoms with Gasteiger partial charge >= 0.3 is 5.97 Å². The van der Waals surface area contributed by atoms with Gasteiger partial charge in [0.25, 0.3) is 0 Å². The fraction of sp³-hybridized carbons (Fsp3) is 0.312. The average Bonchev–Trinajstić information content (AvgIpc) is 2.63. The number of benzene rings is 1. The van der Waals surface area contributed by atoms with Crippen molar-refractivity contribution in [3.05, 3.63) is 52.7 Å². The van der Waals surface area contributed by atoms with Crippen molar-refractivity contribution in [3.63, 3.8) is 0 Å². The number of anilines is 1. The van der Waals surface area contributed by atoms with Crippen molar-refractivity contribution in [3.8, 4) is 0 Å². The lowest BCUT2D eigenvalue weighted by atomic mass is 10.0. The highest BCUT2D eigenvalue weighted by molar-refractivity contribution is 6.31. The molecule has 126 valence electrons. The van der Waals surface area contributed by atoms with Crippen LogP contribution in [0.5, 0.6) is 0 Å². The van der Waals surface area contributed by atoms with Gasteiger partial charge in [0, 0.05) is 19.6 Å². The lowest BCUT2D eigenvalue weighted by Gasteiger charge is -2.37. The van der Waals surface area contributed by atoms with Crippen LogP contribution < -0.4 is 10.2 Å². The van der Waals surface area contributed by atoms with Gasteiger partial charge in [0.2, 0.25) is 0 Å². The summed E-state index contributed by atoms with van der Waals surface area (Å²) in [6, 6.07) is 4.58. The van der Waals surface area contributed by atoms with Crippen LogP contribution in [0.1, 0.15) is 22.1 Å². The molecule has 2 aromatic rings. The molecule has 1 N–H and O–H groups in total. The zero-order valence-electron chi connectivity index (χ0n) is 13.0. The van der Waals surface area contributed by atoms with Crippen LogP contribution in [0.3, 0.4) is 0 Å². The number of nitrogens with one attached hydrogen (secondary N) is 1. The van der Waals surface area contributed by atoms with E-state index in [1.807, 2.05) is 4.90 Å². The lowest BCUT2D eigenvalue weighted by Crippen LogP contribution is -2.46. The molecule has 1 aromatic heterocycles. The summed E-state index contributed by atoms with van der Waals surface area (Å²) in [5, 5.41) is 3.38. The molecule has 1 atom stereocenters. The molecule has 1 saturated heterocycles. The first-order valence-corrected chi connectivity index (χ1v) is 7.81. The molecule has 8 heteroatoms. The molecule has 1 fully saturated rings. The van der Waals surface area contributed by atoms with Crippen LogP contribution in [0.15, 0.2) is 30.6 Å². The summed E-state index contributed by atoms with van der Waals surface area (Å²) in [4.78, 5) is 21.8. The fourth-order valence-electron chi connectivity index (χ4n) is 2.71. The summed E-state index contributed by atoms with van der Waals surface area (Å²) in [7, 11) is 1.29. The Morgan fingerprint density at radius 3 is 2.96 bits per heavy atom. The number of rotatable bonds is 3. The molecule has 0 saturated carbocycles. The maximum absolute atomic E-state index is 13.8. The largest absolute Gasteiger partial charge is 0.464 e. The highest BCUT2D eigenvalue weighted by atomic mass is 35.5. The fourth-order valence-corrected chi connectivity index (χ4v) is 2.97. The zero-order valence-corrected chi connectivity index (χ0v) is 13.8. The zero-order chi connectivity index (χ0) is 17.1. The quantitative estimate of drug-likeness (QED) is 0.856. The lowest BCUT2D eigenvalue weighted by molar-refractivity contribution is 0.0593. The minimum absolute atomic E-state index is 0.107. The second-order valence-electron chi connectivity index (χ2n) is 5.31. The van der Waals surface area contributed by atoms with E-state index < -0.39 is 11.8 Å². The SMILES string of the molecule is COC(=O)c1cnc(N2CCNCC2c2cccc(F)c2Cl)cn1. The number of hydrogen-bond donors (Lipinski definition) is 1. The molecular formula is C16H16ClFN4O2. The maximum atomic E-state index is 13.8. The second-order valence-corrected chi connectivity index (χ2v) is 5.69. The van der Waals surface area contributed by atoms with Crippen molar-refractivity contribution in [1.82, 2.24) is 15.3 Å². The molecule has 0 spiro atoms. The van der Waals surface area contributed by atoms with E-state index in [2.05, 4.69) is 20.0 Å². The molecule has 1 aromatic carbocycles. The predicted octanol–water partition coefficient (Wildman–Crippen LogP) is 2.21. The molecule has 0 radical (unpaired) electrons. The van der Waals surface area contributed by atoms with E-state index in [-0.39, 0.29) is 16.8 Å². The number of ether oxygens (including phenoxy) is 1. The van der Waals surface area contributed by atoms with Crippen molar-refractivity contribution in [2.75, 3.05) is 31.6 Å². The predicted molar refractivity (Wildman–Crippen MR) is 87.7 cm³/mol. The molecule has 0 aliphatic carbocycles. The Kier molecular flexibility index (Phi) is 4.92. The number of hydrogen-bond acceptors (Lipinski definition) is 6. The smallest absolute Gasteiger partial charge is 0.358 e. The van der Waals surface area contributed by atoms with Crippen molar-refractivity contribution in [2.45, 2.75) is 6.04 Å². The van der Waals surface area contributed by atoms with Crippen LogP contribution >= 0.6 is 11.6 Å². The van der Waals surface area contributed by atoms with Gasteiger partial charge in [0.1, 0.15) is 11.6 Å². The Morgan fingerprint density at radius 1 is 1.42 bits per heavy atom. The third kappa shape index (κ3) is 3.18. The standard InChI is InChI=1S/C16H16ClFN4O2/c1-24-16(23)12-7-21-14(9-20-12)22-6-5-19-8-13(22)10-3-2-4-11(18)15(10)17/h2-4,7,9,13,19H,5-6,8H2,1H3. The van der Waals surface area contributed by atoms with Gasteiger partial charge in [-0.2, -0.15) is 0 Å². The Hall–Kier alpha value is -2.25. The number of halogens is 2. The number of carbonyl (C=O) groups excluding carboxylic acids is 1. The number of aromatic nitrogens is 2. The molecule has 0 amide bonds. The van der Waals surface area contributed by atoms with E-state index in [1.165, 1.54) is 25.6 Å². The Balaban J connectivity index is 1.92. The molecule has 2 heterocycles. The van der Waals surface area contributed by atoms with Crippen molar-refractivity contribution < 1.29 is 13.9 Å². The van der Waals surface area contributed by atoms with E-state index in [0.29, 0.717) is 24.5 Å². The van der Waals surface area contributed by atoms with Gasteiger partial charge in [-0.05, 0) is 11.6 Å². The molecule has 1 unspecified atom stereocenters. The Morgan fingerprint density at radius 2 is 2.25 bits per heavy atom. The van der Waals surface area contributed by atoms with Crippen LogP contribution in [0.4, 0.5) is 10.2 Å². The van der Waals surface area contributed by atoms with Crippen molar-refractivity contribution >= 4 is 23.4 Å². The first kappa shape index (κ1) is 16.6. The molecule has 3 rings (SSSR count). The van der Waals surface area contributed by atoms with Crippen LogP contribution in [0, 0.1) is 5.82 Å². The molecular weight excluding hydrogens is 335 g/mol. The summed E-state index contributed by atoms with van der Waals surface area (Å²) in [6.07, 6.45) is 2.88. The summed E-state index contributed by atoms with van der Waals surface area (Å²) in [5.74, 6) is -0.402. The van der Waals surface area contributed by atoms with Crippen LogP contribution in [0.2, 0.25) is 5.02 Å². The Bertz CT molecular complexity index is 741. The van der Waals surface area contributed by atoms with E-state index in [4.69, 9.17) is 11.6 Å². The average molecular weight is 351 g/mol. The van der Waals surface area contributed by atoms with Gasteiger partial charge in [-0.3, -0.25) is 0 Å². The van der Waals surface area contributed by atoms with Crippen LogP contribution in [-0.4, -0.2) is 42.7 Å². The molecule has 1 aliphatic rings. The van der Waals surface area contributed by atoms with E-state index in [0.717, 1.165) is 6.54 Å². The molecule has 24 heavy (non-hydrogen) atoms. The third-order valence-corrected chi connectivity index (χ3v) is 4.31. The summed E-state index contributed by atoms with van der Waals surface area (Å²) >= 11 is 6.14.